The summed E-state index contributed by atoms with van der Waals surface area (Å²) in [5.74, 6) is 0. The van der Waals surface area contributed by atoms with Gasteiger partial charge in [0.2, 0.25) is 0 Å². The number of ether oxygens (including phenoxy) is 1. The zero-order valence-corrected chi connectivity index (χ0v) is 8.72. The van der Waals surface area contributed by atoms with Crippen molar-refractivity contribution in [1.82, 2.24) is 4.90 Å². The van der Waals surface area contributed by atoms with Gasteiger partial charge in [-0.3, -0.25) is 0 Å². The zero-order valence-electron chi connectivity index (χ0n) is 8.72. The molecule has 0 atom stereocenters. The summed E-state index contributed by atoms with van der Waals surface area (Å²) in [5, 5.41) is 0. The molecule has 2 heterocycles. The van der Waals surface area contributed by atoms with Crippen molar-refractivity contribution in [3.8, 4) is 0 Å². The summed E-state index contributed by atoms with van der Waals surface area (Å²) in [5.41, 5.74) is 0.596. The van der Waals surface area contributed by atoms with E-state index in [4.69, 9.17) is 4.74 Å². The van der Waals surface area contributed by atoms with Gasteiger partial charge in [-0.05, 0) is 44.2 Å². The maximum absolute atomic E-state index is 5.44. The Morgan fingerprint density at radius 3 is 2.38 bits per heavy atom. The standard InChI is InChI=1S/C11H21NO/c1-2-11(4-8-13-9-5-11)10-12-6-3-7-12/h2-10H2,1H3. The Balaban J connectivity index is 1.88. The first-order valence-corrected chi connectivity index (χ1v) is 5.65. The molecule has 0 aliphatic carbocycles. The Labute approximate surface area is 81.3 Å². The van der Waals surface area contributed by atoms with Gasteiger partial charge in [0.15, 0.2) is 0 Å². The van der Waals surface area contributed by atoms with Crippen molar-refractivity contribution in [2.24, 2.45) is 5.41 Å². The SMILES string of the molecule is CCC1(CN2CCC2)CCOCC1. The van der Waals surface area contributed by atoms with Crippen molar-refractivity contribution < 1.29 is 4.74 Å². The van der Waals surface area contributed by atoms with Gasteiger partial charge in [-0.15, -0.1) is 0 Å². The van der Waals surface area contributed by atoms with Gasteiger partial charge in [-0.25, -0.2) is 0 Å². The van der Waals surface area contributed by atoms with E-state index in [9.17, 15) is 0 Å². The van der Waals surface area contributed by atoms with E-state index in [-0.39, 0.29) is 0 Å². The second kappa shape index (κ2) is 3.97. The van der Waals surface area contributed by atoms with E-state index in [1.165, 1.54) is 45.3 Å². The number of rotatable bonds is 3. The molecule has 2 aliphatic heterocycles. The molecule has 13 heavy (non-hydrogen) atoms. The van der Waals surface area contributed by atoms with E-state index < -0.39 is 0 Å². The number of nitrogens with zero attached hydrogens (tertiary/aromatic N) is 1. The molecule has 0 saturated carbocycles. The van der Waals surface area contributed by atoms with Crippen LogP contribution in [-0.4, -0.2) is 37.7 Å². The molecule has 0 unspecified atom stereocenters. The average molecular weight is 183 g/mol. The van der Waals surface area contributed by atoms with Crippen LogP contribution in [-0.2, 0) is 4.74 Å². The van der Waals surface area contributed by atoms with E-state index in [0.29, 0.717) is 5.41 Å². The minimum Gasteiger partial charge on any atom is -0.381 e. The molecule has 2 heteroatoms. The number of likely N-dealkylation sites (tertiary alicyclic amines) is 1. The second-order valence-corrected chi connectivity index (χ2v) is 4.60. The van der Waals surface area contributed by atoms with E-state index in [1.807, 2.05) is 0 Å². The molecule has 2 rings (SSSR count). The van der Waals surface area contributed by atoms with Crippen LogP contribution in [0.4, 0.5) is 0 Å². The van der Waals surface area contributed by atoms with Crippen molar-refractivity contribution in [2.75, 3.05) is 32.8 Å². The van der Waals surface area contributed by atoms with E-state index in [1.54, 1.807) is 0 Å². The van der Waals surface area contributed by atoms with Gasteiger partial charge in [0.1, 0.15) is 0 Å². The Morgan fingerprint density at radius 1 is 1.23 bits per heavy atom. The first kappa shape index (κ1) is 9.47. The van der Waals surface area contributed by atoms with Crippen LogP contribution in [0.5, 0.6) is 0 Å². The molecule has 0 spiro atoms. The van der Waals surface area contributed by atoms with E-state index in [2.05, 4.69) is 11.8 Å². The quantitative estimate of drug-likeness (QED) is 0.662. The Morgan fingerprint density at radius 2 is 1.92 bits per heavy atom. The van der Waals surface area contributed by atoms with Crippen LogP contribution in [0, 0.1) is 5.41 Å². The molecule has 0 amide bonds. The number of hydrogen-bond donors (Lipinski definition) is 0. The smallest absolute Gasteiger partial charge is 0.0471 e. The van der Waals surface area contributed by atoms with Crippen LogP contribution in [0.2, 0.25) is 0 Å². The van der Waals surface area contributed by atoms with E-state index >= 15 is 0 Å². The van der Waals surface area contributed by atoms with Gasteiger partial charge in [-0.1, -0.05) is 6.92 Å². The molecule has 2 aliphatic rings. The first-order chi connectivity index (χ1) is 6.35. The van der Waals surface area contributed by atoms with Gasteiger partial charge >= 0.3 is 0 Å². The summed E-state index contributed by atoms with van der Waals surface area (Å²) < 4.78 is 5.44. The predicted molar refractivity (Wildman–Crippen MR) is 53.8 cm³/mol. The van der Waals surface area contributed by atoms with Crippen LogP contribution < -0.4 is 0 Å². The zero-order chi connectivity index (χ0) is 9.15. The highest BCUT2D eigenvalue weighted by Crippen LogP contribution is 2.35. The van der Waals surface area contributed by atoms with Gasteiger partial charge in [0.05, 0.1) is 0 Å². The fourth-order valence-electron chi connectivity index (χ4n) is 2.44. The molecule has 0 bridgehead atoms. The molecule has 0 N–H and O–H groups in total. The third-order valence-corrected chi connectivity index (χ3v) is 3.81. The lowest BCUT2D eigenvalue weighted by Gasteiger charge is -2.43. The Hall–Kier alpha value is -0.0800. The molecular formula is C11H21NO. The normalized spacial score (nSPS) is 28.4. The Bertz CT molecular complexity index is 159. The van der Waals surface area contributed by atoms with Crippen molar-refractivity contribution in [2.45, 2.75) is 32.6 Å². The molecule has 0 radical (unpaired) electrons. The lowest BCUT2D eigenvalue weighted by Crippen LogP contribution is -2.46. The summed E-state index contributed by atoms with van der Waals surface area (Å²) in [7, 11) is 0. The molecule has 0 aromatic carbocycles. The highest BCUT2D eigenvalue weighted by Gasteiger charge is 2.33. The molecule has 0 aromatic rings. The Kier molecular flexibility index (Phi) is 2.89. The van der Waals surface area contributed by atoms with Gasteiger partial charge in [-0.2, -0.15) is 0 Å². The van der Waals surface area contributed by atoms with Crippen LogP contribution in [0.3, 0.4) is 0 Å². The van der Waals surface area contributed by atoms with Crippen molar-refractivity contribution in [3.63, 3.8) is 0 Å². The highest BCUT2D eigenvalue weighted by molar-refractivity contribution is 4.86. The van der Waals surface area contributed by atoms with Crippen molar-refractivity contribution in [3.05, 3.63) is 0 Å². The van der Waals surface area contributed by atoms with Gasteiger partial charge in [0, 0.05) is 19.8 Å². The average Bonchev–Trinajstić information content (AvgIpc) is 2.13. The molecule has 76 valence electrons. The maximum atomic E-state index is 5.44. The highest BCUT2D eigenvalue weighted by atomic mass is 16.5. The summed E-state index contributed by atoms with van der Waals surface area (Å²) in [6.07, 6.45) is 5.29. The van der Waals surface area contributed by atoms with E-state index in [0.717, 1.165) is 13.2 Å². The molecular weight excluding hydrogens is 162 g/mol. The largest absolute Gasteiger partial charge is 0.381 e. The topological polar surface area (TPSA) is 12.5 Å². The fourth-order valence-corrected chi connectivity index (χ4v) is 2.44. The summed E-state index contributed by atoms with van der Waals surface area (Å²) >= 11 is 0. The summed E-state index contributed by atoms with van der Waals surface area (Å²) in [4.78, 5) is 2.61. The molecule has 2 nitrogen and oxygen atoms in total. The summed E-state index contributed by atoms with van der Waals surface area (Å²) in [6, 6.07) is 0. The summed E-state index contributed by atoms with van der Waals surface area (Å²) in [6.45, 7) is 8.31. The third kappa shape index (κ3) is 2.05. The number of hydrogen-bond acceptors (Lipinski definition) is 2. The van der Waals surface area contributed by atoms with Crippen LogP contribution in [0.15, 0.2) is 0 Å². The fraction of sp³-hybridized carbons (Fsp3) is 1.00. The molecule has 2 fully saturated rings. The minimum absolute atomic E-state index is 0.596. The maximum Gasteiger partial charge on any atom is 0.0471 e. The van der Waals surface area contributed by atoms with Crippen molar-refractivity contribution >= 4 is 0 Å². The van der Waals surface area contributed by atoms with Crippen molar-refractivity contribution in [1.29, 1.82) is 0 Å². The lowest BCUT2D eigenvalue weighted by atomic mass is 9.77. The molecule has 2 saturated heterocycles. The van der Waals surface area contributed by atoms with Crippen LogP contribution in [0.1, 0.15) is 32.6 Å². The van der Waals surface area contributed by atoms with Crippen LogP contribution >= 0.6 is 0 Å². The van der Waals surface area contributed by atoms with Crippen LogP contribution in [0.25, 0.3) is 0 Å². The van der Waals surface area contributed by atoms with Gasteiger partial charge < -0.3 is 9.64 Å². The lowest BCUT2D eigenvalue weighted by molar-refractivity contribution is -0.0173. The molecule has 0 aromatic heterocycles. The minimum atomic E-state index is 0.596. The third-order valence-electron chi connectivity index (χ3n) is 3.81. The second-order valence-electron chi connectivity index (χ2n) is 4.60. The van der Waals surface area contributed by atoms with Gasteiger partial charge in [0.25, 0.3) is 0 Å². The monoisotopic (exact) mass is 183 g/mol. The first-order valence-electron chi connectivity index (χ1n) is 5.65. The predicted octanol–water partition coefficient (Wildman–Crippen LogP) is 1.90.